The van der Waals surface area contributed by atoms with Crippen molar-refractivity contribution in [2.45, 2.75) is 32.0 Å². The fraction of sp³-hybridized carbons (Fsp3) is 0.314. The number of hydrogen-bond acceptors (Lipinski definition) is 9. The van der Waals surface area contributed by atoms with Crippen molar-refractivity contribution in [2.75, 3.05) is 42.5 Å². The molecule has 0 aliphatic carbocycles. The van der Waals surface area contributed by atoms with Crippen molar-refractivity contribution < 1.29 is 24.2 Å². The zero-order valence-electron chi connectivity index (χ0n) is 25.0. The van der Waals surface area contributed by atoms with E-state index in [1.807, 2.05) is 48.5 Å². The summed E-state index contributed by atoms with van der Waals surface area (Å²) >= 11 is 0. The predicted molar refractivity (Wildman–Crippen MR) is 168 cm³/mol. The third-order valence-corrected chi connectivity index (χ3v) is 8.96. The molecule has 7 rings (SSSR count). The fourth-order valence-electron chi connectivity index (χ4n) is 6.40. The number of ether oxygens (including phenoxy) is 2. The molecule has 3 aromatic carbocycles. The van der Waals surface area contributed by atoms with Gasteiger partial charge in [-0.05, 0) is 41.5 Å². The molecule has 10 heteroatoms. The zero-order valence-corrected chi connectivity index (χ0v) is 25.0. The topological polar surface area (TPSA) is 108 Å². The molecule has 0 bridgehead atoms. The molecule has 10 nitrogen and oxygen atoms in total. The highest BCUT2D eigenvalue weighted by molar-refractivity contribution is 6.34. The van der Waals surface area contributed by atoms with Gasteiger partial charge >= 0.3 is 0 Å². The summed E-state index contributed by atoms with van der Waals surface area (Å²) in [4.78, 5) is 41.1. The Hall–Kier alpha value is -4.48. The first kappa shape index (κ1) is 29.2. The Morgan fingerprint density at radius 2 is 1.49 bits per heavy atom. The van der Waals surface area contributed by atoms with E-state index >= 15 is 0 Å². The Kier molecular flexibility index (Phi) is 8.12. The van der Waals surface area contributed by atoms with E-state index in [1.54, 1.807) is 42.7 Å². The van der Waals surface area contributed by atoms with Gasteiger partial charge in [0.15, 0.2) is 6.29 Å². The minimum Gasteiger partial charge on any atom is -0.392 e. The summed E-state index contributed by atoms with van der Waals surface area (Å²) in [6.07, 6.45) is 2.38. The standard InChI is InChI=1S/C35H35N5O5/c1-23-30(21-38-16-18-39(19-17-38)35-36-14-5-15-37-35)44-34(45-31(23)25-12-10-24(22-41)11-13-25)26-6-4-7-27(20-26)40-32(42)28-8-2-3-9-29(28)33(40)43/h2-15,20,23,30-31,34,41H,16-19,21-22H2,1H3. The molecule has 4 heterocycles. The number of amides is 2. The highest BCUT2D eigenvalue weighted by Gasteiger charge is 2.41. The van der Waals surface area contributed by atoms with Gasteiger partial charge in [-0.15, -0.1) is 0 Å². The molecule has 1 N–H and O–H groups in total. The number of nitrogens with zero attached hydrogens (tertiary/aromatic N) is 5. The number of fused-ring (bicyclic) bond motifs is 1. The van der Waals surface area contributed by atoms with Gasteiger partial charge in [-0.3, -0.25) is 14.5 Å². The quantitative estimate of drug-likeness (QED) is 0.307. The van der Waals surface area contributed by atoms with Gasteiger partial charge < -0.3 is 19.5 Å². The first-order valence-corrected chi connectivity index (χ1v) is 15.3. The van der Waals surface area contributed by atoms with Crippen molar-refractivity contribution in [2.24, 2.45) is 5.92 Å². The second-order valence-electron chi connectivity index (χ2n) is 11.7. The minimum atomic E-state index is -0.720. The smallest absolute Gasteiger partial charge is 0.266 e. The maximum absolute atomic E-state index is 13.2. The number of carbonyl (C=O) groups is 2. The lowest BCUT2D eigenvalue weighted by atomic mass is 9.90. The maximum atomic E-state index is 13.2. The molecule has 4 atom stereocenters. The molecule has 0 radical (unpaired) electrons. The van der Waals surface area contributed by atoms with E-state index in [0.717, 1.165) is 48.8 Å². The molecule has 3 aliphatic heterocycles. The van der Waals surface area contributed by atoms with Crippen LogP contribution in [-0.4, -0.2) is 70.6 Å². The van der Waals surface area contributed by atoms with Gasteiger partial charge in [0.25, 0.3) is 11.8 Å². The average molecular weight is 606 g/mol. The largest absolute Gasteiger partial charge is 0.392 e. The SMILES string of the molecule is CC1C(CN2CCN(c3ncccn3)CC2)OC(c2cccc(N3C(=O)c4ccccc4C3=O)c2)OC1c1ccc(CO)cc1. The Morgan fingerprint density at radius 1 is 0.800 bits per heavy atom. The molecule has 2 saturated heterocycles. The van der Waals surface area contributed by atoms with Crippen molar-refractivity contribution in [3.8, 4) is 0 Å². The molecular formula is C35H35N5O5. The van der Waals surface area contributed by atoms with Crippen molar-refractivity contribution in [1.82, 2.24) is 14.9 Å². The number of anilines is 2. The monoisotopic (exact) mass is 605 g/mol. The molecular weight excluding hydrogens is 570 g/mol. The lowest BCUT2D eigenvalue weighted by Gasteiger charge is -2.44. The number of aliphatic hydroxyl groups excluding tert-OH is 1. The molecule has 0 spiro atoms. The van der Waals surface area contributed by atoms with Crippen LogP contribution in [0.25, 0.3) is 0 Å². The number of carbonyl (C=O) groups excluding carboxylic acids is 2. The maximum Gasteiger partial charge on any atom is 0.266 e. The minimum absolute atomic E-state index is 0.0242. The Morgan fingerprint density at radius 3 is 2.16 bits per heavy atom. The number of rotatable bonds is 7. The van der Waals surface area contributed by atoms with Crippen LogP contribution in [-0.2, 0) is 16.1 Å². The second kappa shape index (κ2) is 12.5. The first-order valence-electron chi connectivity index (χ1n) is 15.3. The number of aromatic nitrogens is 2. The molecule has 4 aromatic rings. The summed E-state index contributed by atoms with van der Waals surface area (Å²) in [6, 6.07) is 23.8. The van der Waals surface area contributed by atoms with E-state index in [9.17, 15) is 14.7 Å². The van der Waals surface area contributed by atoms with Gasteiger partial charge in [0.05, 0.1) is 35.6 Å². The van der Waals surface area contributed by atoms with E-state index < -0.39 is 6.29 Å². The van der Waals surface area contributed by atoms with Gasteiger partial charge in [-0.25, -0.2) is 14.9 Å². The normalized spacial score (nSPS) is 23.8. The molecule has 3 aliphatic rings. The third kappa shape index (κ3) is 5.73. The van der Waals surface area contributed by atoms with Gasteiger partial charge in [0.2, 0.25) is 5.95 Å². The summed E-state index contributed by atoms with van der Waals surface area (Å²) in [5.74, 6) is 0.0895. The van der Waals surface area contributed by atoms with E-state index in [-0.39, 0.29) is 36.5 Å². The molecule has 0 saturated carbocycles. The highest BCUT2D eigenvalue weighted by atomic mass is 16.7. The first-order chi connectivity index (χ1) is 22.0. The average Bonchev–Trinajstić information content (AvgIpc) is 3.35. The van der Waals surface area contributed by atoms with Gasteiger partial charge in [-0.2, -0.15) is 0 Å². The van der Waals surface area contributed by atoms with Crippen molar-refractivity contribution in [3.63, 3.8) is 0 Å². The number of imide groups is 1. The Labute approximate surface area is 261 Å². The summed E-state index contributed by atoms with van der Waals surface area (Å²) in [5, 5.41) is 9.59. The van der Waals surface area contributed by atoms with Crippen molar-refractivity contribution >= 4 is 23.5 Å². The summed E-state index contributed by atoms with van der Waals surface area (Å²) in [5.41, 5.74) is 3.84. The van der Waals surface area contributed by atoms with Gasteiger partial charge in [-0.1, -0.05) is 55.5 Å². The highest BCUT2D eigenvalue weighted by Crippen LogP contribution is 2.43. The molecule has 2 fully saturated rings. The number of hydrogen-bond donors (Lipinski definition) is 1. The van der Waals surface area contributed by atoms with Crippen LogP contribution < -0.4 is 9.80 Å². The van der Waals surface area contributed by atoms with Crippen LogP contribution in [0.15, 0.2) is 91.3 Å². The number of benzene rings is 3. The summed E-state index contributed by atoms with van der Waals surface area (Å²) in [6.45, 7) is 6.17. The van der Waals surface area contributed by atoms with E-state index in [2.05, 4.69) is 26.7 Å². The summed E-state index contributed by atoms with van der Waals surface area (Å²) in [7, 11) is 0. The molecule has 45 heavy (non-hydrogen) atoms. The summed E-state index contributed by atoms with van der Waals surface area (Å²) < 4.78 is 13.4. The fourth-order valence-corrected chi connectivity index (χ4v) is 6.40. The lowest BCUT2D eigenvalue weighted by Crippen LogP contribution is -2.51. The predicted octanol–water partition coefficient (Wildman–Crippen LogP) is 4.38. The van der Waals surface area contributed by atoms with E-state index in [0.29, 0.717) is 23.4 Å². The third-order valence-electron chi connectivity index (χ3n) is 8.96. The van der Waals surface area contributed by atoms with Crippen LogP contribution in [0.2, 0.25) is 0 Å². The van der Waals surface area contributed by atoms with Crippen molar-refractivity contribution in [3.05, 3.63) is 119 Å². The van der Waals surface area contributed by atoms with Crippen LogP contribution in [0, 0.1) is 5.92 Å². The Balaban J connectivity index is 1.13. The molecule has 4 unspecified atom stereocenters. The zero-order chi connectivity index (χ0) is 30.9. The lowest BCUT2D eigenvalue weighted by molar-refractivity contribution is -0.276. The molecule has 230 valence electrons. The van der Waals surface area contributed by atoms with Crippen molar-refractivity contribution in [1.29, 1.82) is 0 Å². The number of aliphatic hydroxyl groups is 1. The van der Waals surface area contributed by atoms with E-state index in [4.69, 9.17) is 9.47 Å². The van der Waals surface area contributed by atoms with Crippen LogP contribution in [0.3, 0.4) is 0 Å². The van der Waals surface area contributed by atoms with Crippen LogP contribution >= 0.6 is 0 Å². The second-order valence-corrected chi connectivity index (χ2v) is 11.7. The van der Waals surface area contributed by atoms with Crippen LogP contribution in [0.4, 0.5) is 11.6 Å². The molecule has 2 amide bonds. The van der Waals surface area contributed by atoms with E-state index in [1.165, 1.54) is 4.90 Å². The van der Waals surface area contributed by atoms with Gasteiger partial charge in [0, 0.05) is 56.6 Å². The Bertz CT molecular complexity index is 1640. The number of piperazine rings is 1. The molecule has 1 aromatic heterocycles. The van der Waals surface area contributed by atoms with Crippen LogP contribution in [0.5, 0.6) is 0 Å². The van der Waals surface area contributed by atoms with Crippen LogP contribution in [0.1, 0.15) is 56.7 Å². The van der Waals surface area contributed by atoms with Gasteiger partial charge in [0.1, 0.15) is 0 Å².